The number of rotatable bonds is 5. The molecule has 0 radical (unpaired) electrons. The summed E-state index contributed by atoms with van der Waals surface area (Å²) in [5.74, 6) is 0.644. The molecule has 0 saturated carbocycles. The Bertz CT molecular complexity index is 747. The lowest BCUT2D eigenvalue weighted by Gasteiger charge is -2.08. The number of aromatic nitrogens is 4. The molecule has 0 aliphatic carbocycles. The zero-order valence-electron chi connectivity index (χ0n) is 12.3. The molecular weight excluding hydrogens is 262 g/mol. The van der Waals surface area contributed by atoms with Gasteiger partial charge in [-0.05, 0) is 24.5 Å². The number of fused-ring (bicyclic) bond motifs is 1. The van der Waals surface area contributed by atoms with Crippen molar-refractivity contribution in [3.05, 3.63) is 36.0 Å². The van der Waals surface area contributed by atoms with Gasteiger partial charge in [0.2, 0.25) is 5.95 Å². The van der Waals surface area contributed by atoms with Crippen LogP contribution in [-0.4, -0.2) is 26.7 Å². The molecule has 0 aliphatic heterocycles. The number of anilines is 1. The number of nitrogens with one attached hydrogen (secondary N) is 2. The molecule has 3 rings (SSSR count). The maximum absolute atomic E-state index is 4.67. The van der Waals surface area contributed by atoms with E-state index < -0.39 is 0 Å². The summed E-state index contributed by atoms with van der Waals surface area (Å²) in [6, 6.07) is 8.46. The van der Waals surface area contributed by atoms with E-state index in [-0.39, 0.29) is 0 Å². The third-order valence-electron chi connectivity index (χ3n) is 3.45. The molecule has 2 aromatic heterocycles. The van der Waals surface area contributed by atoms with E-state index in [1.54, 1.807) is 6.20 Å². The first-order valence-electron chi connectivity index (χ1n) is 7.36. The number of hydrogen-bond donors (Lipinski definition) is 2. The number of aromatic amines is 1. The van der Waals surface area contributed by atoms with Crippen LogP contribution < -0.4 is 5.32 Å². The standard InChI is InChI=1S/C16H19N5/c1-3-8-17-16-19-14(13-10-18-21-15(13)20-16)12-7-5-6-11(4-2)9-12/h5-7,9-10H,3-4,8H2,1-2H3,(H2,17,18,19,20,21). The quantitative estimate of drug-likeness (QED) is 0.752. The molecule has 1 aromatic carbocycles. The summed E-state index contributed by atoms with van der Waals surface area (Å²) in [5.41, 5.74) is 4.08. The fraction of sp³-hybridized carbons (Fsp3) is 0.312. The first-order chi connectivity index (χ1) is 10.3. The van der Waals surface area contributed by atoms with Gasteiger partial charge in [0.15, 0.2) is 5.65 Å². The number of H-pyrrole nitrogens is 1. The zero-order chi connectivity index (χ0) is 14.7. The Morgan fingerprint density at radius 3 is 2.90 bits per heavy atom. The van der Waals surface area contributed by atoms with Gasteiger partial charge in [0.05, 0.1) is 17.3 Å². The van der Waals surface area contributed by atoms with Gasteiger partial charge in [-0.2, -0.15) is 10.1 Å². The second-order valence-corrected chi connectivity index (χ2v) is 5.01. The van der Waals surface area contributed by atoms with Crippen LogP contribution in [0.5, 0.6) is 0 Å². The summed E-state index contributed by atoms with van der Waals surface area (Å²) in [6.07, 6.45) is 3.83. The molecule has 5 heteroatoms. The predicted molar refractivity (Wildman–Crippen MR) is 85.3 cm³/mol. The van der Waals surface area contributed by atoms with Gasteiger partial charge < -0.3 is 5.32 Å². The van der Waals surface area contributed by atoms with E-state index in [0.29, 0.717) is 5.95 Å². The van der Waals surface area contributed by atoms with Crippen molar-refractivity contribution < 1.29 is 0 Å². The Labute approximate surface area is 123 Å². The minimum absolute atomic E-state index is 0.644. The fourth-order valence-electron chi connectivity index (χ4n) is 2.31. The second-order valence-electron chi connectivity index (χ2n) is 5.01. The van der Waals surface area contributed by atoms with Crippen molar-refractivity contribution in [2.75, 3.05) is 11.9 Å². The predicted octanol–water partition coefficient (Wildman–Crippen LogP) is 3.40. The van der Waals surface area contributed by atoms with Crippen LogP contribution >= 0.6 is 0 Å². The van der Waals surface area contributed by atoms with Crippen LogP contribution in [0, 0.1) is 0 Å². The topological polar surface area (TPSA) is 66.5 Å². The van der Waals surface area contributed by atoms with E-state index in [1.165, 1.54) is 5.56 Å². The first kappa shape index (κ1) is 13.5. The zero-order valence-corrected chi connectivity index (χ0v) is 12.3. The Morgan fingerprint density at radius 1 is 1.19 bits per heavy atom. The van der Waals surface area contributed by atoms with Gasteiger partial charge in [0.1, 0.15) is 0 Å². The molecule has 3 aromatic rings. The van der Waals surface area contributed by atoms with Crippen LogP contribution in [0.25, 0.3) is 22.3 Å². The normalized spacial score (nSPS) is 11.0. The lowest BCUT2D eigenvalue weighted by molar-refractivity contribution is 0.955. The van der Waals surface area contributed by atoms with Crippen LogP contribution in [0.3, 0.4) is 0 Å². The van der Waals surface area contributed by atoms with Crippen molar-refractivity contribution in [2.45, 2.75) is 26.7 Å². The van der Waals surface area contributed by atoms with Gasteiger partial charge in [0, 0.05) is 12.1 Å². The maximum atomic E-state index is 4.67. The largest absolute Gasteiger partial charge is 0.354 e. The molecular formula is C16H19N5. The van der Waals surface area contributed by atoms with Gasteiger partial charge in [-0.15, -0.1) is 0 Å². The molecule has 108 valence electrons. The molecule has 0 saturated heterocycles. The second kappa shape index (κ2) is 5.91. The van der Waals surface area contributed by atoms with Crippen molar-refractivity contribution in [3.63, 3.8) is 0 Å². The number of nitrogens with zero attached hydrogens (tertiary/aromatic N) is 3. The van der Waals surface area contributed by atoms with E-state index in [2.05, 4.69) is 63.6 Å². The van der Waals surface area contributed by atoms with Crippen LogP contribution in [0.15, 0.2) is 30.5 Å². The van der Waals surface area contributed by atoms with E-state index in [0.717, 1.165) is 41.7 Å². The Balaban J connectivity index is 2.12. The number of aryl methyl sites for hydroxylation is 1. The minimum Gasteiger partial charge on any atom is -0.354 e. The molecule has 2 heterocycles. The molecule has 5 nitrogen and oxygen atoms in total. The third kappa shape index (κ3) is 2.72. The Hall–Kier alpha value is -2.43. The monoisotopic (exact) mass is 281 g/mol. The van der Waals surface area contributed by atoms with Gasteiger partial charge in [-0.1, -0.05) is 32.0 Å². The number of hydrogen-bond acceptors (Lipinski definition) is 4. The summed E-state index contributed by atoms with van der Waals surface area (Å²) in [6.45, 7) is 5.13. The van der Waals surface area contributed by atoms with Crippen LogP contribution in [-0.2, 0) is 6.42 Å². The van der Waals surface area contributed by atoms with E-state index in [9.17, 15) is 0 Å². The first-order valence-corrected chi connectivity index (χ1v) is 7.36. The highest BCUT2D eigenvalue weighted by molar-refractivity contribution is 5.90. The maximum Gasteiger partial charge on any atom is 0.225 e. The van der Waals surface area contributed by atoms with Crippen molar-refractivity contribution in [3.8, 4) is 11.3 Å². The van der Waals surface area contributed by atoms with Crippen molar-refractivity contribution in [1.82, 2.24) is 20.2 Å². The highest BCUT2D eigenvalue weighted by atomic mass is 15.2. The highest BCUT2D eigenvalue weighted by Crippen LogP contribution is 2.26. The Morgan fingerprint density at radius 2 is 2.10 bits per heavy atom. The number of benzene rings is 1. The fourth-order valence-corrected chi connectivity index (χ4v) is 2.31. The molecule has 0 spiro atoms. The van der Waals surface area contributed by atoms with E-state index in [1.807, 2.05) is 0 Å². The average Bonchev–Trinajstić information content (AvgIpc) is 3.00. The van der Waals surface area contributed by atoms with E-state index in [4.69, 9.17) is 0 Å². The molecule has 0 atom stereocenters. The van der Waals surface area contributed by atoms with Crippen LogP contribution in [0.2, 0.25) is 0 Å². The van der Waals surface area contributed by atoms with Gasteiger partial charge >= 0.3 is 0 Å². The van der Waals surface area contributed by atoms with Gasteiger partial charge in [-0.25, -0.2) is 4.98 Å². The molecule has 0 bridgehead atoms. The van der Waals surface area contributed by atoms with Crippen molar-refractivity contribution >= 4 is 17.0 Å². The molecule has 21 heavy (non-hydrogen) atoms. The van der Waals surface area contributed by atoms with Gasteiger partial charge in [-0.3, -0.25) is 5.10 Å². The molecule has 0 fully saturated rings. The molecule has 2 N–H and O–H groups in total. The third-order valence-corrected chi connectivity index (χ3v) is 3.45. The van der Waals surface area contributed by atoms with Crippen molar-refractivity contribution in [1.29, 1.82) is 0 Å². The molecule has 0 unspecified atom stereocenters. The minimum atomic E-state index is 0.644. The smallest absolute Gasteiger partial charge is 0.225 e. The highest BCUT2D eigenvalue weighted by Gasteiger charge is 2.11. The lowest BCUT2D eigenvalue weighted by Crippen LogP contribution is -2.05. The molecule has 0 aliphatic rings. The van der Waals surface area contributed by atoms with Crippen LogP contribution in [0.4, 0.5) is 5.95 Å². The Kier molecular flexibility index (Phi) is 3.81. The summed E-state index contributed by atoms with van der Waals surface area (Å²) in [4.78, 5) is 9.14. The SMILES string of the molecule is CCCNc1nc(-c2cccc(CC)c2)c2cn[nH]c2n1. The summed E-state index contributed by atoms with van der Waals surface area (Å²) in [5, 5.41) is 11.2. The van der Waals surface area contributed by atoms with Gasteiger partial charge in [0.25, 0.3) is 0 Å². The molecule has 0 amide bonds. The summed E-state index contributed by atoms with van der Waals surface area (Å²) >= 11 is 0. The van der Waals surface area contributed by atoms with E-state index >= 15 is 0 Å². The summed E-state index contributed by atoms with van der Waals surface area (Å²) < 4.78 is 0. The summed E-state index contributed by atoms with van der Waals surface area (Å²) in [7, 11) is 0. The lowest BCUT2D eigenvalue weighted by atomic mass is 10.0. The van der Waals surface area contributed by atoms with Crippen molar-refractivity contribution in [2.24, 2.45) is 0 Å². The van der Waals surface area contributed by atoms with Crippen LogP contribution in [0.1, 0.15) is 25.8 Å². The average molecular weight is 281 g/mol.